The van der Waals surface area contributed by atoms with Crippen LogP contribution in [-0.2, 0) is 6.54 Å². The molecule has 0 saturated carbocycles. The predicted molar refractivity (Wildman–Crippen MR) is 114 cm³/mol. The van der Waals surface area contributed by atoms with Crippen molar-refractivity contribution in [3.8, 4) is 0 Å². The number of rotatable bonds is 5. The van der Waals surface area contributed by atoms with Crippen molar-refractivity contribution in [2.24, 2.45) is 5.92 Å². The average molecular weight is 386 g/mol. The molecular weight excluding hydrogens is 360 g/mol. The molecule has 148 valence electrons. The van der Waals surface area contributed by atoms with Crippen molar-refractivity contribution >= 4 is 11.7 Å². The maximum absolute atomic E-state index is 13.1. The van der Waals surface area contributed by atoms with Crippen LogP contribution < -0.4 is 0 Å². The van der Waals surface area contributed by atoms with Crippen LogP contribution in [0.2, 0.25) is 0 Å². The summed E-state index contributed by atoms with van der Waals surface area (Å²) in [5.74, 6) is 0.245. The molecule has 0 aliphatic carbocycles. The van der Waals surface area contributed by atoms with Gasteiger partial charge < -0.3 is 9.47 Å². The second-order valence-electron chi connectivity index (χ2n) is 7.80. The Bertz CT molecular complexity index is 981. The van der Waals surface area contributed by atoms with E-state index in [9.17, 15) is 9.59 Å². The van der Waals surface area contributed by atoms with E-state index in [-0.39, 0.29) is 17.6 Å². The van der Waals surface area contributed by atoms with E-state index >= 15 is 0 Å². The summed E-state index contributed by atoms with van der Waals surface area (Å²) in [5, 5.41) is 0. The van der Waals surface area contributed by atoms with Gasteiger partial charge in [-0.3, -0.25) is 9.59 Å². The van der Waals surface area contributed by atoms with Crippen molar-refractivity contribution in [2.45, 2.75) is 26.3 Å². The normalized spacial score (nSPS) is 14.7. The van der Waals surface area contributed by atoms with Crippen molar-refractivity contribution < 1.29 is 9.59 Å². The summed E-state index contributed by atoms with van der Waals surface area (Å²) in [4.78, 5) is 27.7. The van der Waals surface area contributed by atoms with Gasteiger partial charge in [-0.15, -0.1) is 0 Å². The number of likely N-dealkylation sites (tertiary alicyclic amines) is 1. The van der Waals surface area contributed by atoms with E-state index in [1.165, 1.54) is 5.56 Å². The summed E-state index contributed by atoms with van der Waals surface area (Å²) in [6.07, 6.45) is 3.39. The number of nitrogens with zero attached hydrogens (tertiary/aromatic N) is 2. The third-order valence-corrected chi connectivity index (χ3v) is 5.73. The quantitative estimate of drug-likeness (QED) is 0.603. The Morgan fingerprint density at radius 3 is 2.28 bits per heavy atom. The van der Waals surface area contributed by atoms with Crippen LogP contribution >= 0.6 is 0 Å². The maximum atomic E-state index is 13.1. The Labute approximate surface area is 171 Å². The van der Waals surface area contributed by atoms with Crippen LogP contribution in [0.4, 0.5) is 0 Å². The van der Waals surface area contributed by atoms with Crippen LogP contribution in [0.5, 0.6) is 0 Å². The zero-order valence-electron chi connectivity index (χ0n) is 16.8. The fraction of sp³-hybridized carbons (Fsp3) is 0.280. The molecule has 0 radical (unpaired) electrons. The molecule has 0 unspecified atom stereocenters. The van der Waals surface area contributed by atoms with Crippen molar-refractivity contribution in [1.82, 2.24) is 9.47 Å². The number of amides is 1. The van der Waals surface area contributed by atoms with Gasteiger partial charge in [-0.1, -0.05) is 60.2 Å². The van der Waals surface area contributed by atoms with Crippen LogP contribution in [0.25, 0.3) is 0 Å². The minimum atomic E-state index is -0.00198. The molecule has 4 heteroatoms. The molecular formula is C25H26N2O2. The van der Waals surface area contributed by atoms with Gasteiger partial charge in [0.1, 0.15) is 5.69 Å². The molecule has 2 heterocycles. The van der Waals surface area contributed by atoms with E-state index in [0.717, 1.165) is 24.0 Å². The summed E-state index contributed by atoms with van der Waals surface area (Å²) in [6.45, 7) is 3.94. The van der Waals surface area contributed by atoms with Gasteiger partial charge in [-0.05, 0) is 37.5 Å². The molecule has 4 nitrogen and oxygen atoms in total. The molecule has 0 bridgehead atoms. The van der Waals surface area contributed by atoms with Crippen LogP contribution in [0.1, 0.15) is 44.8 Å². The van der Waals surface area contributed by atoms with E-state index in [2.05, 4.69) is 12.1 Å². The van der Waals surface area contributed by atoms with Crippen molar-refractivity contribution in [3.05, 3.63) is 95.3 Å². The number of carbonyl (C=O) groups is 2. The van der Waals surface area contributed by atoms with Crippen LogP contribution in [-0.4, -0.2) is 34.2 Å². The first-order valence-corrected chi connectivity index (χ1v) is 10.2. The topological polar surface area (TPSA) is 42.3 Å². The lowest BCUT2D eigenvalue weighted by Crippen LogP contribution is -2.41. The number of piperidine rings is 1. The van der Waals surface area contributed by atoms with Gasteiger partial charge in [0.25, 0.3) is 5.91 Å². The van der Waals surface area contributed by atoms with Gasteiger partial charge in [-0.25, -0.2) is 0 Å². The number of Topliss-reactive ketones (excluding diaryl/α,β-unsaturated/α-hetero) is 1. The number of benzene rings is 2. The zero-order valence-corrected chi connectivity index (χ0v) is 16.8. The molecule has 1 aliphatic rings. The monoisotopic (exact) mass is 386 g/mol. The van der Waals surface area contributed by atoms with E-state index in [0.29, 0.717) is 25.3 Å². The lowest BCUT2D eigenvalue weighted by atomic mass is 9.88. The number of hydrogen-bond donors (Lipinski definition) is 0. The largest absolute Gasteiger partial charge is 0.339 e. The van der Waals surface area contributed by atoms with Gasteiger partial charge in [0.05, 0.1) is 0 Å². The lowest BCUT2D eigenvalue weighted by Gasteiger charge is -2.31. The lowest BCUT2D eigenvalue weighted by molar-refractivity contribution is 0.0642. The molecule has 1 saturated heterocycles. The first kappa shape index (κ1) is 19.2. The van der Waals surface area contributed by atoms with Crippen LogP contribution in [0.3, 0.4) is 0 Å². The fourth-order valence-corrected chi connectivity index (χ4v) is 3.99. The highest BCUT2D eigenvalue weighted by Crippen LogP contribution is 2.23. The fourth-order valence-electron chi connectivity index (χ4n) is 3.99. The molecule has 1 aromatic heterocycles. The molecule has 1 fully saturated rings. The number of ketones is 1. The zero-order chi connectivity index (χ0) is 20.2. The molecule has 0 atom stereocenters. The van der Waals surface area contributed by atoms with E-state index < -0.39 is 0 Å². The Morgan fingerprint density at radius 1 is 0.897 bits per heavy atom. The Morgan fingerprint density at radius 2 is 1.59 bits per heavy atom. The smallest absolute Gasteiger partial charge is 0.270 e. The van der Waals surface area contributed by atoms with Gasteiger partial charge in [0, 0.05) is 37.3 Å². The first-order valence-electron chi connectivity index (χ1n) is 10.2. The third-order valence-electron chi connectivity index (χ3n) is 5.73. The number of aromatic nitrogens is 1. The molecule has 3 aromatic rings. The van der Waals surface area contributed by atoms with Gasteiger partial charge >= 0.3 is 0 Å². The van der Waals surface area contributed by atoms with E-state index in [1.54, 1.807) is 0 Å². The minimum absolute atomic E-state index is 0.00198. The molecule has 4 rings (SSSR count). The number of aryl methyl sites for hydroxylation is 1. The van der Waals surface area contributed by atoms with E-state index in [1.807, 2.05) is 77.2 Å². The Balaban J connectivity index is 1.39. The van der Waals surface area contributed by atoms with Gasteiger partial charge in [0.2, 0.25) is 0 Å². The van der Waals surface area contributed by atoms with Crippen molar-refractivity contribution in [3.63, 3.8) is 0 Å². The van der Waals surface area contributed by atoms with Crippen LogP contribution in [0, 0.1) is 12.8 Å². The third kappa shape index (κ3) is 4.32. The summed E-state index contributed by atoms with van der Waals surface area (Å²) >= 11 is 0. The Kier molecular flexibility index (Phi) is 5.61. The second kappa shape index (κ2) is 8.48. The number of hydrogen-bond acceptors (Lipinski definition) is 2. The van der Waals surface area contributed by atoms with Crippen LogP contribution in [0.15, 0.2) is 72.9 Å². The summed E-state index contributed by atoms with van der Waals surface area (Å²) < 4.78 is 2.00. The molecule has 29 heavy (non-hydrogen) atoms. The number of carbonyl (C=O) groups excluding carboxylic acids is 2. The van der Waals surface area contributed by atoms with E-state index in [4.69, 9.17) is 0 Å². The highest BCUT2D eigenvalue weighted by Gasteiger charge is 2.29. The predicted octanol–water partition coefficient (Wildman–Crippen LogP) is 4.58. The van der Waals surface area contributed by atoms with Gasteiger partial charge in [-0.2, -0.15) is 0 Å². The molecule has 0 spiro atoms. The first-order chi connectivity index (χ1) is 14.1. The Hall–Kier alpha value is -3.14. The standard InChI is InChI=1S/C25H26N2O2/c1-19-9-11-21(12-10-19)24(28)22-13-16-26(17-14-22)25(29)23-8-5-15-27(23)18-20-6-3-2-4-7-20/h2-12,15,22H,13-14,16-18H2,1H3. The molecule has 2 aromatic carbocycles. The summed E-state index contributed by atoms with van der Waals surface area (Å²) in [7, 11) is 0. The SMILES string of the molecule is Cc1ccc(C(=O)C2CCN(C(=O)c3cccn3Cc3ccccc3)CC2)cc1. The van der Waals surface area contributed by atoms with Crippen molar-refractivity contribution in [2.75, 3.05) is 13.1 Å². The molecule has 1 amide bonds. The average Bonchev–Trinajstić information content (AvgIpc) is 3.22. The maximum Gasteiger partial charge on any atom is 0.270 e. The highest BCUT2D eigenvalue weighted by molar-refractivity contribution is 5.98. The second-order valence-corrected chi connectivity index (χ2v) is 7.80. The van der Waals surface area contributed by atoms with Crippen molar-refractivity contribution in [1.29, 1.82) is 0 Å². The van der Waals surface area contributed by atoms with Gasteiger partial charge in [0.15, 0.2) is 5.78 Å². The summed E-state index contributed by atoms with van der Waals surface area (Å²) in [5.41, 5.74) is 3.80. The summed E-state index contributed by atoms with van der Waals surface area (Å²) in [6, 6.07) is 21.7. The minimum Gasteiger partial charge on any atom is -0.339 e. The highest BCUT2D eigenvalue weighted by atomic mass is 16.2. The molecule has 0 N–H and O–H groups in total. The molecule has 1 aliphatic heterocycles.